The van der Waals surface area contributed by atoms with Crippen LogP contribution in [-0.4, -0.2) is 53.2 Å². The quantitative estimate of drug-likeness (QED) is 0.755. The molecule has 0 radical (unpaired) electrons. The molecule has 2 aromatic rings. The van der Waals surface area contributed by atoms with E-state index in [2.05, 4.69) is 22.0 Å². The molecule has 23 heavy (non-hydrogen) atoms. The zero-order chi connectivity index (χ0) is 16.1. The maximum Gasteiger partial charge on any atom is 0.276 e. The molecule has 5 nitrogen and oxygen atoms in total. The SMILES string of the molecule is CC1CN(CCSc2nnc(Cc3ccccc3F)o2)CCO1. The number of halogens is 1. The predicted molar refractivity (Wildman–Crippen MR) is 86.1 cm³/mol. The average molecular weight is 337 g/mol. The minimum absolute atomic E-state index is 0.249. The van der Waals surface area contributed by atoms with E-state index in [-0.39, 0.29) is 5.82 Å². The van der Waals surface area contributed by atoms with Gasteiger partial charge in [-0.2, -0.15) is 0 Å². The molecule has 0 N–H and O–H groups in total. The second-order valence-corrected chi connectivity index (χ2v) is 6.61. The summed E-state index contributed by atoms with van der Waals surface area (Å²) in [4.78, 5) is 2.37. The van der Waals surface area contributed by atoms with Gasteiger partial charge in [-0.05, 0) is 18.6 Å². The number of rotatable bonds is 6. The van der Waals surface area contributed by atoms with E-state index in [9.17, 15) is 4.39 Å². The van der Waals surface area contributed by atoms with Gasteiger partial charge >= 0.3 is 0 Å². The Hall–Kier alpha value is -1.44. The highest BCUT2D eigenvalue weighted by atomic mass is 32.2. The van der Waals surface area contributed by atoms with Crippen LogP contribution in [0, 0.1) is 5.82 Å². The molecule has 1 aromatic carbocycles. The Kier molecular flexibility index (Phi) is 5.64. The summed E-state index contributed by atoms with van der Waals surface area (Å²) in [6, 6.07) is 6.63. The monoisotopic (exact) mass is 337 g/mol. The molecule has 1 aliphatic heterocycles. The fourth-order valence-electron chi connectivity index (χ4n) is 2.53. The van der Waals surface area contributed by atoms with Crippen molar-refractivity contribution in [1.29, 1.82) is 0 Å². The van der Waals surface area contributed by atoms with Crippen molar-refractivity contribution in [3.8, 4) is 0 Å². The number of nitrogens with zero attached hydrogens (tertiary/aromatic N) is 3. The largest absolute Gasteiger partial charge is 0.416 e. The number of morpholine rings is 1. The minimum atomic E-state index is -0.249. The van der Waals surface area contributed by atoms with Gasteiger partial charge in [0, 0.05) is 25.4 Å². The van der Waals surface area contributed by atoms with E-state index in [1.54, 1.807) is 18.2 Å². The van der Waals surface area contributed by atoms with Crippen molar-refractivity contribution in [3.05, 3.63) is 41.5 Å². The molecule has 0 amide bonds. The molecular formula is C16H20FN3O2S. The maximum atomic E-state index is 13.6. The van der Waals surface area contributed by atoms with Crippen LogP contribution in [0.2, 0.25) is 0 Å². The van der Waals surface area contributed by atoms with Gasteiger partial charge in [0.15, 0.2) is 0 Å². The van der Waals surface area contributed by atoms with Gasteiger partial charge in [0.05, 0.1) is 19.1 Å². The van der Waals surface area contributed by atoms with Crippen LogP contribution in [0.15, 0.2) is 33.9 Å². The van der Waals surface area contributed by atoms with Crippen molar-refractivity contribution >= 4 is 11.8 Å². The number of hydrogen-bond acceptors (Lipinski definition) is 6. The van der Waals surface area contributed by atoms with Crippen molar-refractivity contribution in [2.45, 2.75) is 24.7 Å². The molecule has 0 spiro atoms. The van der Waals surface area contributed by atoms with E-state index >= 15 is 0 Å². The van der Waals surface area contributed by atoms with Gasteiger partial charge < -0.3 is 9.15 Å². The summed E-state index contributed by atoms with van der Waals surface area (Å²) in [5.74, 6) is 1.08. The Labute approximate surface area is 139 Å². The third-order valence-electron chi connectivity index (χ3n) is 3.71. The first-order chi connectivity index (χ1) is 11.2. The standard InChI is InChI=1S/C16H20FN3O2S/c1-12-11-20(6-8-21-12)7-9-23-16-19-18-15(22-16)10-13-4-2-3-5-14(13)17/h2-5,12H,6-11H2,1H3. The molecule has 7 heteroatoms. The highest BCUT2D eigenvalue weighted by Gasteiger charge is 2.16. The molecule has 0 bridgehead atoms. The van der Waals surface area contributed by atoms with Crippen molar-refractivity contribution < 1.29 is 13.5 Å². The van der Waals surface area contributed by atoms with E-state index < -0.39 is 0 Å². The summed E-state index contributed by atoms with van der Waals surface area (Å²) in [7, 11) is 0. The highest BCUT2D eigenvalue weighted by molar-refractivity contribution is 7.99. The van der Waals surface area contributed by atoms with Gasteiger partial charge in [-0.1, -0.05) is 30.0 Å². The van der Waals surface area contributed by atoms with E-state index in [0.717, 1.165) is 32.0 Å². The lowest BCUT2D eigenvalue weighted by atomic mass is 10.1. The van der Waals surface area contributed by atoms with Gasteiger partial charge in [-0.25, -0.2) is 4.39 Å². The average Bonchev–Trinajstić information content (AvgIpc) is 2.97. The Bertz CT molecular complexity index is 637. The molecule has 2 heterocycles. The van der Waals surface area contributed by atoms with Crippen LogP contribution in [0.3, 0.4) is 0 Å². The van der Waals surface area contributed by atoms with Gasteiger partial charge in [-0.3, -0.25) is 4.90 Å². The predicted octanol–water partition coefficient (Wildman–Crippen LogP) is 2.61. The van der Waals surface area contributed by atoms with Crippen LogP contribution in [0.1, 0.15) is 18.4 Å². The topological polar surface area (TPSA) is 51.4 Å². The molecule has 1 saturated heterocycles. The molecule has 1 unspecified atom stereocenters. The Balaban J connectivity index is 1.47. The number of aromatic nitrogens is 2. The van der Waals surface area contributed by atoms with E-state index in [1.165, 1.54) is 17.8 Å². The summed E-state index contributed by atoms with van der Waals surface area (Å²) in [6.07, 6.45) is 0.617. The second-order valence-electron chi connectivity index (χ2n) is 5.56. The van der Waals surface area contributed by atoms with Crippen LogP contribution in [-0.2, 0) is 11.2 Å². The molecule has 0 aliphatic carbocycles. The summed E-state index contributed by atoms with van der Waals surface area (Å²) in [5.41, 5.74) is 0.565. The van der Waals surface area contributed by atoms with E-state index in [4.69, 9.17) is 9.15 Å². The van der Waals surface area contributed by atoms with Crippen molar-refractivity contribution in [1.82, 2.24) is 15.1 Å². The van der Waals surface area contributed by atoms with Crippen LogP contribution < -0.4 is 0 Å². The van der Waals surface area contributed by atoms with Gasteiger partial charge in [-0.15, -0.1) is 10.2 Å². The summed E-state index contributed by atoms with van der Waals surface area (Å²) in [6.45, 7) is 5.77. The van der Waals surface area contributed by atoms with Crippen LogP contribution >= 0.6 is 11.8 Å². The highest BCUT2D eigenvalue weighted by Crippen LogP contribution is 2.19. The molecule has 3 rings (SSSR count). The molecule has 1 fully saturated rings. The van der Waals surface area contributed by atoms with E-state index in [1.807, 2.05) is 0 Å². The lowest BCUT2D eigenvalue weighted by Gasteiger charge is -2.30. The first kappa shape index (κ1) is 16.4. The van der Waals surface area contributed by atoms with Crippen molar-refractivity contribution in [2.24, 2.45) is 0 Å². The number of ether oxygens (including phenoxy) is 1. The second kappa shape index (κ2) is 7.90. The first-order valence-corrected chi connectivity index (χ1v) is 8.72. The Morgan fingerprint density at radius 2 is 2.22 bits per heavy atom. The zero-order valence-electron chi connectivity index (χ0n) is 13.1. The normalized spacial score (nSPS) is 19.1. The minimum Gasteiger partial charge on any atom is -0.416 e. The Morgan fingerprint density at radius 1 is 1.35 bits per heavy atom. The lowest BCUT2D eigenvalue weighted by molar-refractivity contribution is -0.0158. The van der Waals surface area contributed by atoms with Crippen molar-refractivity contribution in [3.63, 3.8) is 0 Å². The Morgan fingerprint density at radius 3 is 3.04 bits per heavy atom. The van der Waals surface area contributed by atoms with Gasteiger partial charge in [0.25, 0.3) is 5.22 Å². The molecule has 124 valence electrons. The van der Waals surface area contributed by atoms with Gasteiger partial charge in [0.2, 0.25) is 5.89 Å². The summed E-state index contributed by atoms with van der Waals surface area (Å²) in [5, 5.41) is 8.55. The summed E-state index contributed by atoms with van der Waals surface area (Å²) < 4.78 is 24.7. The molecule has 1 aromatic heterocycles. The fourth-order valence-corrected chi connectivity index (χ4v) is 3.31. The first-order valence-electron chi connectivity index (χ1n) is 7.73. The molecule has 1 atom stereocenters. The van der Waals surface area contributed by atoms with Crippen molar-refractivity contribution in [2.75, 3.05) is 32.0 Å². The molecule has 1 aliphatic rings. The maximum absolute atomic E-state index is 13.6. The third-order valence-corrected chi connectivity index (χ3v) is 4.50. The third kappa shape index (κ3) is 4.76. The lowest BCUT2D eigenvalue weighted by Crippen LogP contribution is -2.42. The van der Waals surface area contributed by atoms with Crippen LogP contribution in [0.5, 0.6) is 0 Å². The molecular weight excluding hydrogens is 317 g/mol. The van der Waals surface area contributed by atoms with E-state index in [0.29, 0.717) is 29.2 Å². The number of hydrogen-bond donors (Lipinski definition) is 0. The zero-order valence-corrected chi connectivity index (χ0v) is 13.9. The van der Waals surface area contributed by atoms with Crippen LogP contribution in [0.25, 0.3) is 0 Å². The number of thioether (sulfide) groups is 1. The number of benzene rings is 1. The van der Waals surface area contributed by atoms with Gasteiger partial charge in [0.1, 0.15) is 5.82 Å². The van der Waals surface area contributed by atoms with Crippen LogP contribution in [0.4, 0.5) is 4.39 Å². The fraction of sp³-hybridized carbons (Fsp3) is 0.500. The molecule has 0 saturated carbocycles. The summed E-state index contributed by atoms with van der Waals surface area (Å²) >= 11 is 1.53. The smallest absolute Gasteiger partial charge is 0.276 e.